The van der Waals surface area contributed by atoms with Crippen LogP contribution in [0.2, 0.25) is 0 Å². The maximum absolute atomic E-state index is 12.4. The number of nitrogens with zero attached hydrogens (tertiary/aromatic N) is 2. The van der Waals surface area contributed by atoms with Gasteiger partial charge in [-0.15, -0.1) is 11.3 Å². The number of hydrogen-bond donors (Lipinski definition) is 1. The number of ketones is 1. The first-order chi connectivity index (χ1) is 10.2. The number of nitrogens with one attached hydrogen (secondary N) is 1. The number of carbonyl (C=O) groups excluding carboxylic acids is 2. The van der Waals surface area contributed by atoms with Crippen molar-refractivity contribution in [1.29, 1.82) is 0 Å². The van der Waals surface area contributed by atoms with E-state index in [1.54, 1.807) is 17.2 Å². The summed E-state index contributed by atoms with van der Waals surface area (Å²) < 4.78 is 0. The molecule has 108 valence electrons. The number of Topliss-reactive ketones (excluding diaryl/α,β-unsaturated/α-hetero) is 1. The van der Waals surface area contributed by atoms with Crippen molar-refractivity contribution in [2.45, 2.75) is 12.8 Å². The van der Waals surface area contributed by atoms with E-state index in [0.717, 1.165) is 10.8 Å². The van der Waals surface area contributed by atoms with Gasteiger partial charge in [-0.2, -0.15) is 0 Å². The Morgan fingerprint density at radius 2 is 2.10 bits per heavy atom. The van der Waals surface area contributed by atoms with Gasteiger partial charge in [-0.3, -0.25) is 9.59 Å². The van der Waals surface area contributed by atoms with Gasteiger partial charge in [0, 0.05) is 48.8 Å². The highest BCUT2D eigenvalue weighted by molar-refractivity contribution is 7.13. The number of amides is 1. The molecule has 0 saturated carbocycles. The van der Waals surface area contributed by atoms with E-state index >= 15 is 0 Å². The van der Waals surface area contributed by atoms with Crippen LogP contribution < -0.4 is 5.32 Å². The highest BCUT2D eigenvalue weighted by atomic mass is 32.1. The van der Waals surface area contributed by atoms with Crippen LogP contribution in [-0.4, -0.2) is 34.7 Å². The van der Waals surface area contributed by atoms with Crippen molar-refractivity contribution in [3.05, 3.63) is 41.4 Å². The second-order valence-corrected chi connectivity index (χ2v) is 5.77. The summed E-state index contributed by atoms with van der Waals surface area (Å²) in [6.07, 6.45) is 2.65. The molecule has 1 saturated heterocycles. The number of aromatic nitrogens is 1. The van der Waals surface area contributed by atoms with Crippen molar-refractivity contribution in [1.82, 2.24) is 9.88 Å². The van der Waals surface area contributed by atoms with Gasteiger partial charge in [-0.1, -0.05) is 6.07 Å². The molecule has 1 fully saturated rings. The number of benzene rings is 1. The standard InChI is InChI=1S/C15H15N3O2S/c19-13-4-7-18(8-5-13)14(20)11-2-1-3-12(10-11)17-15-16-6-9-21-15/h1-3,6,9-10H,4-5,7-8H2,(H,16,17). The van der Waals surface area contributed by atoms with E-state index in [9.17, 15) is 9.59 Å². The lowest BCUT2D eigenvalue weighted by atomic mass is 10.1. The molecule has 1 aromatic heterocycles. The van der Waals surface area contributed by atoms with Crippen LogP contribution in [0.5, 0.6) is 0 Å². The third-order valence-corrected chi connectivity index (χ3v) is 4.09. The number of carbonyl (C=O) groups is 2. The van der Waals surface area contributed by atoms with Crippen molar-refractivity contribution in [3.8, 4) is 0 Å². The second-order valence-electron chi connectivity index (χ2n) is 4.87. The van der Waals surface area contributed by atoms with Crippen molar-refractivity contribution < 1.29 is 9.59 Å². The van der Waals surface area contributed by atoms with Crippen molar-refractivity contribution >= 4 is 33.8 Å². The minimum absolute atomic E-state index is 0.0229. The zero-order valence-corrected chi connectivity index (χ0v) is 12.2. The van der Waals surface area contributed by atoms with Gasteiger partial charge in [0.05, 0.1) is 0 Å². The Balaban J connectivity index is 1.73. The number of hydrogen-bond acceptors (Lipinski definition) is 5. The molecule has 1 amide bonds. The molecule has 0 spiro atoms. The Bertz CT molecular complexity index is 645. The average molecular weight is 301 g/mol. The summed E-state index contributed by atoms with van der Waals surface area (Å²) in [6.45, 7) is 1.03. The SMILES string of the molecule is O=C1CCN(C(=O)c2cccc(Nc3nccs3)c2)CC1. The van der Waals surface area contributed by atoms with Gasteiger partial charge >= 0.3 is 0 Å². The molecule has 2 heterocycles. The van der Waals surface area contributed by atoms with Crippen LogP contribution in [0.1, 0.15) is 23.2 Å². The minimum atomic E-state index is -0.0229. The summed E-state index contributed by atoms with van der Waals surface area (Å²) in [4.78, 5) is 29.6. The van der Waals surface area contributed by atoms with Crippen molar-refractivity contribution in [2.24, 2.45) is 0 Å². The van der Waals surface area contributed by atoms with Gasteiger partial charge in [0.15, 0.2) is 5.13 Å². The highest BCUT2D eigenvalue weighted by Crippen LogP contribution is 2.20. The monoisotopic (exact) mass is 301 g/mol. The molecule has 0 aliphatic carbocycles. The molecule has 0 bridgehead atoms. The highest BCUT2D eigenvalue weighted by Gasteiger charge is 2.21. The molecule has 5 nitrogen and oxygen atoms in total. The summed E-state index contributed by atoms with van der Waals surface area (Å²) in [5.74, 6) is 0.212. The molecule has 0 radical (unpaired) electrons. The van der Waals surface area contributed by atoms with Crippen molar-refractivity contribution in [3.63, 3.8) is 0 Å². The predicted molar refractivity (Wildman–Crippen MR) is 82.0 cm³/mol. The van der Waals surface area contributed by atoms with E-state index in [1.807, 2.05) is 23.6 Å². The van der Waals surface area contributed by atoms with E-state index in [4.69, 9.17) is 0 Å². The number of rotatable bonds is 3. The van der Waals surface area contributed by atoms with Crippen LogP contribution >= 0.6 is 11.3 Å². The van der Waals surface area contributed by atoms with Gasteiger partial charge in [0.1, 0.15) is 5.78 Å². The lowest BCUT2D eigenvalue weighted by molar-refractivity contribution is -0.120. The Labute approximate surface area is 126 Å². The normalized spacial score (nSPS) is 15.0. The Morgan fingerprint density at radius 3 is 2.81 bits per heavy atom. The Hall–Kier alpha value is -2.21. The summed E-state index contributed by atoms with van der Waals surface area (Å²) in [7, 11) is 0. The lowest BCUT2D eigenvalue weighted by Crippen LogP contribution is -2.38. The molecule has 1 aliphatic rings. The van der Waals surface area contributed by atoms with E-state index in [1.165, 1.54) is 11.3 Å². The molecule has 1 aromatic carbocycles. The summed E-state index contributed by atoms with van der Waals surface area (Å²) in [5.41, 5.74) is 1.47. The molecule has 6 heteroatoms. The number of anilines is 2. The first-order valence-corrected chi connectivity index (χ1v) is 7.68. The summed E-state index contributed by atoms with van der Waals surface area (Å²) in [5, 5.41) is 5.86. The van der Waals surface area contributed by atoms with E-state index < -0.39 is 0 Å². The van der Waals surface area contributed by atoms with Crippen molar-refractivity contribution in [2.75, 3.05) is 18.4 Å². The van der Waals surface area contributed by atoms with Gasteiger partial charge in [-0.25, -0.2) is 4.98 Å². The van der Waals surface area contributed by atoms with Gasteiger partial charge in [0.25, 0.3) is 5.91 Å². The zero-order chi connectivity index (χ0) is 14.7. The van der Waals surface area contributed by atoms with Gasteiger partial charge in [0.2, 0.25) is 0 Å². The fourth-order valence-corrected chi connectivity index (χ4v) is 2.83. The molecule has 2 aromatic rings. The van der Waals surface area contributed by atoms with E-state index in [2.05, 4.69) is 10.3 Å². The van der Waals surface area contributed by atoms with E-state index in [0.29, 0.717) is 31.5 Å². The first-order valence-electron chi connectivity index (χ1n) is 6.80. The maximum Gasteiger partial charge on any atom is 0.253 e. The topological polar surface area (TPSA) is 62.3 Å². The first kappa shape index (κ1) is 13.8. The molecule has 21 heavy (non-hydrogen) atoms. The zero-order valence-electron chi connectivity index (χ0n) is 11.4. The molecule has 0 atom stereocenters. The molecular formula is C15H15N3O2S. The third-order valence-electron chi connectivity index (χ3n) is 3.40. The van der Waals surface area contributed by atoms with Crippen LogP contribution in [0.3, 0.4) is 0 Å². The number of thiazole rings is 1. The molecule has 1 aliphatic heterocycles. The fourth-order valence-electron chi connectivity index (χ4n) is 2.28. The van der Waals surface area contributed by atoms with Gasteiger partial charge < -0.3 is 10.2 Å². The van der Waals surface area contributed by atoms with E-state index in [-0.39, 0.29) is 11.7 Å². The summed E-state index contributed by atoms with van der Waals surface area (Å²) >= 11 is 1.51. The smallest absolute Gasteiger partial charge is 0.253 e. The lowest BCUT2D eigenvalue weighted by Gasteiger charge is -2.26. The Kier molecular flexibility index (Phi) is 3.96. The Morgan fingerprint density at radius 1 is 1.29 bits per heavy atom. The molecule has 0 unspecified atom stereocenters. The summed E-state index contributed by atoms with van der Waals surface area (Å²) in [6, 6.07) is 7.36. The minimum Gasteiger partial charge on any atom is -0.338 e. The largest absolute Gasteiger partial charge is 0.338 e. The van der Waals surface area contributed by atoms with Gasteiger partial charge in [-0.05, 0) is 18.2 Å². The number of likely N-dealkylation sites (tertiary alicyclic amines) is 1. The average Bonchev–Trinajstić information content (AvgIpc) is 3.00. The molecule has 3 rings (SSSR count). The van der Waals surface area contributed by atoms with Crippen LogP contribution in [-0.2, 0) is 4.79 Å². The fraction of sp³-hybridized carbons (Fsp3) is 0.267. The molecular weight excluding hydrogens is 286 g/mol. The van der Waals surface area contributed by atoms with Crippen LogP contribution in [0.4, 0.5) is 10.8 Å². The second kappa shape index (κ2) is 6.05. The van der Waals surface area contributed by atoms with Crippen LogP contribution in [0, 0.1) is 0 Å². The maximum atomic E-state index is 12.4. The predicted octanol–water partition coefficient (Wildman–Crippen LogP) is 2.69. The quantitative estimate of drug-likeness (QED) is 0.947. The van der Waals surface area contributed by atoms with Crippen LogP contribution in [0.15, 0.2) is 35.8 Å². The third kappa shape index (κ3) is 3.28. The number of piperidine rings is 1. The molecule has 1 N–H and O–H groups in total. The van der Waals surface area contributed by atoms with Crippen LogP contribution in [0.25, 0.3) is 0 Å².